The number of hydrogen-bond acceptors (Lipinski definition) is 3. The Balaban J connectivity index is 2.05. The van der Waals surface area contributed by atoms with Gasteiger partial charge in [-0.15, -0.1) is 0 Å². The molecular weight excluding hydrogens is 316 g/mol. The molecule has 0 aromatic heterocycles. The van der Waals surface area contributed by atoms with E-state index >= 15 is 0 Å². The molecule has 0 bridgehead atoms. The van der Waals surface area contributed by atoms with Crippen LogP contribution in [0, 0.1) is 0 Å². The number of benzene rings is 2. The average molecular weight is 340 g/mol. The summed E-state index contributed by atoms with van der Waals surface area (Å²) in [6, 6.07) is 13.1. The molecule has 2 aromatic carbocycles. The van der Waals surface area contributed by atoms with Gasteiger partial charge in [-0.25, -0.2) is 0 Å². The summed E-state index contributed by atoms with van der Waals surface area (Å²) in [7, 11) is 0. The molecule has 2 aromatic rings. The Hall–Kier alpha value is -2.66. The van der Waals surface area contributed by atoms with Gasteiger partial charge in [0.05, 0.1) is 6.61 Å². The minimum Gasteiger partial charge on any atom is -0.392 e. The maximum Gasteiger partial charge on any atom is 0.313 e. The molecule has 5 nitrogen and oxygen atoms in total. The fourth-order valence-electron chi connectivity index (χ4n) is 2.71. The summed E-state index contributed by atoms with van der Waals surface area (Å²) >= 11 is 0. The molecule has 5 heteroatoms. The van der Waals surface area contributed by atoms with Crippen molar-refractivity contribution in [3.8, 4) is 0 Å². The highest BCUT2D eigenvalue weighted by Gasteiger charge is 2.17. The van der Waals surface area contributed by atoms with Gasteiger partial charge in [0.1, 0.15) is 0 Å². The van der Waals surface area contributed by atoms with E-state index < -0.39 is 11.8 Å². The van der Waals surface area contributed by atoms with Gasteiger partial charge in [-0.1, -0.05) is 56.3 Å². The number of anilines is 1. The molecule has 0 spiro atoms. The van der Waals surface area contributed by atoms with Crippen LogP contribution in [0.3, 0.4) is 0 Å². The van der Waals surface area contributed by atoms with Crippen molar-refractivity contribution in [2.24, 2.45) is 0 Å². The lowest BCUT2D eigenvalue weighted by atomic mass is 10.0. The predicted molar refractivity (Wildman–Crippen MR) is 98.0 cm³/mol. The first-order valence-corrected chi connectivity index (χ1v) is 8.48. The third-order valence-corrected chi connectivity index (χ3v) is 4.17. The maximum atomic E-state index is 12.3. The van der Waals surface area contributed by atoms with Gasteiger partial charge in [-0.3, -0.25) is 9.59 Å². The molecule has 0 aliphatic rings. The number of carbonyl (C=O) groups excluding carboxylic acids is 2. The molecule has 132 valence electrons. The second kappa shape index (κ2) is 8.99. The smallest absolute Gasteiger partial charge is 0.313 e. The normalized spacial score (nSPS) is 10.4. The number of aryl methyl sites for hydroxylation is 2. The summed E-state index contributed by atoms with van der Waals surface area (Å²) in [5.74, 6) is -1.38. The molecule has 0 atom stereocenters. The van der Waals surface area contributed by atoms with Crippen LogP contribution >= 0.6 is 0 Å². The van der Waals surface area contributed by atoms with Crippen molar-refractivity contribution in [3.05, 3.63) is 64.7 Å². The lowest BCUT2D eigenvalue weighted by molar-refractivity contribution is -0.136. The molecule has 2 amide bonds. The topological polar surface area (TPSA) is 78.4 Å². The zero-order valence-corrected chi connectivity index (χ0v) is 14.6. The fraction of sp³-hybridized carbons (Fsp3) is 0.300. The van der Waals surface area contributed by atoms with E-state index in [2.05, 4.69) is 10.6 Å². The van der Waals surface area contributed by atoms with Gasteiger partial charge < -0.3 is 15.7 Å². The lowest BCUT2D eigenvalue weighted by Crippen LogP contribution is -2.35. The number of aliphatic hydroxyl groups is 1. The molecule has 2 rings (SSSR count). The van der Waals surface area contributed by atoms with Crippen LogP contribution in [0.2, 0.25) is 0 Å². The van der Waals surface area contributed by atoms with Crippen LogP contribution in [-0.2, 0) is 35.6 Å². The SMILES string of the molecule is CCc1cccc(CC)c1NC(=O)C(=O)NCc1ccccc1CO. The Morgan fingerprint density at radius 1 is 0.840 bits per heavy atom. The Kier molecular flexibility index (Phi) is 6.71. The van der Waals surface area contributed by atoms with Gasteiger partial charge in [0, 0.05) is 12.2 Å². The van der Waals surface area contributed by atoms with Crippen LogP contribution in [0.15, 0.2) is 42.5 Å². The molecule has 0 unspecified atom stereocenters. The van der Waals surface area contributed by atoms with Crippen molar-refractivity contribution in [3.63, 3.8) is 0 Å². The van der Waals surface area contributed by atoms with Gasteiger partial charge in [-0.2, -0.15) is 0 Å². The maximum absolute atomic E-state index is 12.3. The summed E-state index contributed by atoms with van der Waals surface area (Å²) in [6.45, 7) is 4.10. The first-order chi connectivity index (χ1) is 12.1. The van der Waals surface area contributed by atoms with Crippen molar-refractivity contribution < 1.29 is 14.7 Å². The summed E-state index contributed by atoms with van der Waals surface area (Å²) in [5, 5.41) is 14.7. The van der Waals surface area contributed by atoms with Crippen LogP contribution in [0.1, 0.15) is 36.1 Å². The van der Waals surface area contributed by atoms with Crippen LogP contribution < -0.4 is 10.6 Å². The molecule has 0 fully saturated rings. The van der Waals surface area contributed by atoms with Crippen molar-refractivity contribution in [2.75, 3.05) is 5.32 Å². The second-order valence-corrected chi connectivity index (χ2v) is 5.72. The zero-order chi connectivity index (χ0) is 18.2. The second-order valence-electron chi connectivity index (χ2n) is 5.72. The molecule has 0 saturated carbocycles. The first kappa shape index (κ1) is 18.7. The number of nitrogens with one attached hydrogen (secondary N) is 2. The number of para-hydroxylation sites is 1. The molecule has 0 aliphatic carbocycles. The Morgan fingerprint density at radius 2 is 1.40 bits per heavy atom. The Morgan fingerprint density at radius 3 is 1.96 bits per heavy atom. The number of hydrogen-bond donors (Lipinski definition) is 3. The highest BCUT2D eigenvalue weighted by molar-refractivity contribution is 6.39. The average Bonchev–Trinajstić information content (AvgIpc) is 2.66. The van der Waals surface area contributed by atoms with Crippen LogP contribution in [0.25, 0.3) is 0 Å². The molecular formula is C20H24N2O3. The first-order valence-electron chi connectivity index (χ1n) is 8.48. The van der Waals surface area contributed by atoms with Crippen molar-refractivity contribution >= 4 is 17.5 Å². The van der Waals surface area contributed by atoms with Crippen molar-refractivity contribution in [1.82, 2.24) is 5.32 Å². The Bertz CT molecular complexity index is 734. The summed E-state index contributed by atoms with van der Waals surface area (Å²) < 4.78 is 0. The molecule has 3 N–H and O–H groups in total. The van der Waals surface area contributed by atoms with E-state index in [0.29, 0.717) is 0 Å². The molecule has 0 radical (unpaired) electrons. The van der Waals surface area contributed by atoms with E-state index in [1.165, 1.54) is 0 Å². The molecule has 0 aliphatic heterocycles. The molecule has 0 saturated heterocycles. The van der Waals surface area contributed by atoms with Gasteiger partial charge in [0.25, 0.3) is 0 Å². The third kappa shape index (κ3) is 4.67. The van der Waals surface area contributed by atoms with E-state index in [1.807, 2.05) is 50.2 Å². The van der Waals surface area contributed by atoms with Crippen LogP contribution in [0.4, 0.5) is 5.69 Å². The van der Waals surface area contributed by atoms with Gasteiger partial charge in [0.15, 0.2) is 0 Å². The highest BCUT2D eigenvalue weighted by atomic mass is 16.3. The third-order valence-electron chi connectivity index (χ3n) is 4.17. The van der Waals surface area contributed by atoms with Gasteiger partial charge in [-0.05, 0) is 35.1 Å². The van der Waals surface area contributed by atoms with Crippen LogP contribution in [0.5, 0.6) is 0 Å². The minimum absolute atomic E-state index is 0.109. The Labute approximate surface area is 148 Å². The van der Waals surface area contributed by atoms with Gasteiger partial charge >= 0.3 is 11.8 Å². The number of rotatable bonds is 6. The summed E-state index contributed by atoms with van der Waals surface area (Å²) in [5.41, 5.74) is 4.25. The van der Waals surface area contributed by atoms with Crippen LogP contribution in [-0.4, -0.2) is 16.9 Å². The standard InChI is InChI=1S/C20H24N2O3/c1-3-14-10-7-11-15(4-2)18(14)22-20(25)19(24)21-12-16-8-5-6-9-17(16)13-23/h5-11,23H,3-4,12-13H2,1-2H3,(H,21,24)(H,22,25). The molecule has 25 heavy (non-hydrogen) atoms. The quantitative estimate of drug-likeness (QED) is 0.707. The number of amides is 2. The van der Waals surface area contributed by atoms with Crippen molar-refractivity contribution in [2.45, 2.75) is 39.8 Å². The molecule has 0 heterocycles. The monoisotopic (exact) mass is 340 g/mol. The van der Waals surface area contributed by atoms with Gasteiger partial charge in [0.2, 0.25) is 0 Å². The van der Waals surface area contributed by atoms with E-state index in [4.69, 9.17) is 0 Å². The minimum atomic E-state index is -0.694. The number of aliphatic hydroxyl groups excluding tert-OH is 1. The highest BCUT2D eigenvalue weighted by Crippen LogP contribution is 2.22. The van der Waals surface area contributed by atoms with Crippen molar-refractivity contribution in [1.29, 1.82) is 0 Å². The summed E-state index contributed by atoms with van der Waals surface area (Å²) in [4.78, 5) is 24.4. The summed E-state index contributed by atoms with van der Waals surface area (Å²) in [6.07, 6.45) is 1.55. The largest absolute Gasteiger partial charge is 0.392 e. The van der Waals surface area contributed by atoms with E-state index in [-0.39, 0.29) is 13.2 Å². The lowest BCUT2D eigenvalue weighted by Gasteiger charge is -2.14. The predicted octanol–water partition coefficient (Wildman–Crippen LogP) is 2.56. The zero-order valence-electron chi connectivity index (χ0n) is 14.6. The van der Waals surface area contributed by atoms with E-state index in [0.717, 1.165) is 40.8 Å². The fourth-order valence-corrected chi connectivity index (χ4v) is 2.71. The number of carbonyl (C=O) groups is 2. The van der Waals surface area contributed by atoms with E-state index in [9.17, 15) is 14.7 Å². The van der Waals surface area contributed by atoms with E-state index in [1.54, 1.807) is 6.07 Å².